The molecule has 116 valence electrons. The summed E-state index contributed by atoms with van der Waals surface area (Å²) in [5.74, 6) is 0.399. The number of carbonyl (C=O) groups is 1. The maximum absolute atomic E-state index is 12.2. The van der Waals surface area contributed by atoms with E-state index < -0.39 is 0 Å². The van der Waals surface area contributed by atoms with Gasteiger partial charge in [0, 0.05) is 26.2 Å². The molecule has 8 nitrogen and oxygen atoms in total. The quantitative estimate of drug-likeness (QED) is 0.781. The summed E-state index contributed by atoms with van der Waals surface area (Å²) in [4.78, 5) is 26.2. The van der Waals surface area contributed by atoms with Crippen LogP contribution in [0.3, 0.4) is 0 Å². The fourth-order valence-corrected chi connectivity index (χ4v) is 2.17. The summed E-state index contributed by atoms with van der Waals surface area (Å²) in [7, 11) is 0. The van der Waals surface area contributed by atoms with Crippen LogP contribution in [0.4, 0.5) is 5.82 Å². The summed E-state index contributed by atoms with van der Waals surface area (Å²) in [5, 5.41) is 3.22. The zero-order valence-electron chi connectivity index (χ0n) is 11.2. The first-order chi connectivity index (χ1) is 9.25. The van der Waals surface area contributed by atoms with Crippen LogP contribution >= 0.6 is 24.8 Å². The number of anilines is 1. The molecule has 1 aliphatic rings. The SMILES string of the molecule is Cl.Cl.Nc1ncnc2c1ncn2CC(=O)N1CCNCC1. The predicted octanol–water partition coefficient (Wildman–Crippen LogP) is -0.316. The first-order valence-corrected chi connectivity index (χ1v) is 6.15. The Morgan fingerprint density at radius 1 is 1.24 bits per heavy atom. The van der Waals surface area contributed by atoms with E-state index in [-0.39, 0.29) is 37.3 Å². The molecule has 0 aliphatic carbocycles. The lowest BCUT2D eigenvalue weighted by atomic mass is 10.3. The minimum atomic E-state index is 0. The molecule has 0 aromatic carbocycles. The van der Waals surface area contributed by atoms with Crippen LogP contribution in [0.25, 0.3) is 11.2 Å². The van der Waals surface area contributed by atoms with Gasteiger partial charge in [-0.1, -0.05) is 0 Å². The molecule has 1 fully saturated rings. The number of piperazine rings is 1. The van der Waals surface area contributed by atoms with Gasteiger partial charge < -0.3 is 20.5 Å². The molecule has 1 aliphatic heterocycles. The normalized spacial score (nSPS) is 14.4. The second kappa shape index (κ2) is 7.39. The second-order valence-electron chi connectivity index (χ2n) is 4.43. The maximum Gasteiger partial charge on any atom is 0.242 e. The van der Waals surface area contributed by atoms with Gasteiger partial charge in [-0.25, -0.2) is 15.0 Å². The third kappa shape index (κ3) is 3.52. The van der Waals surface area contributed by atoms with Gasteiger partial charge in [0.1, 0.15) is 18.4 Å². The van der Waals surface area contributed by atoms with Crippen LogP contribution in [0.5, 0.6) is 0 Å². The molecule has 3 N–H and O–H groups in total. The van der Waals surface area contributed by atoms with E-state index in [1.165, 1.54) is 6.33 Å². The molecule has 1 amide bonds. The summed E-state index contributed by atoms with van der Waals surface area (Å²) >= 11 is 0. The Kier molecular flexibility index (Phi) is 6.13. The zero-order chi connectivity index (χ0) is 13.2. The number of aromatic nitrogens is 4. The fourth-order valence-electron chi connectivity index (χ4n) is 2.17. The van der Waals surface area contributed by atoms with Crippen molar-refractivity contribution in [2.75, 3.05) is 31.9 Å². The Hall–Kier alpha value is -1.64. The van der Waals surface area contributed by atoms with Crippen LogP contribution in [0.15, 0.2) is 12.7 Å². The average molecular weight is 334 g/mol. The van der Waals surface area contributed by atoms with Gasteiger partial charge in [0.2, 0.25) is 5.91 Å². The Bertz CT molecular complexity index is 612. The highest BCUT2D eigenvalue weighted by atomic mass is 35.5. The Morgan fingerprint density at radius 2 is 1.95 bits per heavy atom. The van der Waals surface area contributed by atoms with Crippen LogP contribution in [-0.4, -0.2) is 56.5 Å². The molecule has 21 heavy (non-hydrogen) atoms. The molecule has 1 saturated heterocycles. The minimum absolute atomic E-state index is 0. The number of nitrogens with two attached hydrogens (primary N) is 1. The molecular weight excluding hydrogens is 317 g/mol. The number of hydrogen-bond acceptors (Lipinski definition) is 6. The van der Waals surface area contributed by atoms with Crippen LogP contribution in [0.1, 0.15) is 0 Å². The van der Waals surface area contributed by atoms with Crippen molar-refractivity contribution >= 4 is 47.7 Å². The standard InChI is InChI=1S/C11H15N7O.2ClH/c12-10-9-11(15-6-14-10)18(7-16-9)5-8(19)17-3-1-13-2-4-17;;/h6-7,13H,1-5H2,(H2,12,14,15);2*1H. The molecule has 3 rings (SSSR count). The number of halogens is 2. The molecule has 0 bridgehead atoms. The number of hydrogen-bond donors (Lipinski definition) is 2. The van der Waals surface area contributed by atoms with Gasteiger partial charge in [0.25, 0.3) is 0 Å². The number of nitrogens with zero attached hydrogens (tertiary/aromatic N) is 5. The topological polar surface area (TPSA) is 102 Å². The van der Waals surface area contributed by atoms with E-state index in [4.69, 9.17) is 5.73 Å². The minimum Gasteiger partial charge on any atom is -0.382 e. The van der Waals surface area contributed by atoms with E-state index in [1.807, 2.05) is 4.90 Å². The highest BCUT2D eigenvalue weighted by Crippen LogP contribution is 2.14. The Labute approximate surface area is 133 Å². The number of nitrogens with one attached hydrogen (secondary N) is 1. The third-order valence-corrected chi connectivity index (χ3v) is 3.20. The van der Waals surface area contributed by atoms with E-state index in [9.17, 15) is 4.79 Å². The van der Waals surface area contributed by atoms with Gasteiger partial charge >= 0.3 is 0 Å². The van der Waals surface area contributed by atoms with Crippen molar-refractivity contribution in [1.29, 1.82) is 0 Å². The van der Waals surface area contributed by atoms with Gasteiger partial charge in [-0.05, 0) is 0 Å². The molecule has 0 atom stereocenters. The lowest BCUT2D eigenvalue weighted by Gasteiger charge is -2.27. The largest absolute Gasteiger partial charge is 0.382 e. The van der Waals surface area contributed by atoms with Gasteiger partial charge in [0.05, 0.1) is 6.33 Å². The van der Waals surface area contributed by atoms with Crippen LogP contribution in [0.2, 0.25) is 0 Å². The summed E-state index contributed by atoms with van der Waals surface area (Å²) < 4.78 is 1.71. The molecule has 2 aromatic rings. The van der Waals surface area contributed by atoms with E-state index in [0.717, 1.165) is 26.2 Å². The third-order valence-electron chi connectivity index (χ3n) is 3.20. The molecule has 0 radical (unpaired) electrons. The summed E-state index contributed by atoms with van der Waals surface area (Å²) in [6, 6.07) is 0. The number of rotatable bonds is 2. The molecule has 3 heterocycles. The zero-order valence-corrected chi connectivity index (χ0v) is 12.9. The molecule has 0 unspecified atom stereocenters. The summed E-state index contributed by atoms with van der Waals surface area (Å²) in [6.45, 7) is 3.38. The van der Waals surface area contributed by atoms with E-state index in [0.29, 0.717) is 17.0 Å². The fraction of sp³-hybridized carbons (Fsp3) is 0.455. The van der Waals surface area contributed by atoms with E-state index in [2.05, 4.69) is 20.3 Å². The van der Waals surface area contributed by atoms with E-state index >= 15 is 0 Å². The van der Waals surface area contributed by atoms with Gasteiger partial charge in [-0.3, -0.25) is 4.79 Å². The lowest BCUT2D eigenvalue weighted by molar-refractivity contribution is -0.132. The number of fused-ring (bicyclic) bond motifs is 1. The van der Waals surface area contributed by atoms with Crippen molar-refractivity contribution in [3.8, 4) is 0 Å². The van der Waals surface area contributed by atoms with Crippen molar-refractivity contribution in [3.63, 3.8) is 0 Å². The number of carbonyl (C=O) groups excluding carboxylic acids is 1. The predicted molar refractivity (Wildman–Crippen MR) is 83.7 cm³/mol. The first-order valence-electron chi connectivity index (χ1n) is 6.15. The van der Waals surface area contributed by atoms with Crippen LogP contribution in [-0.2, 0) is 11.3 Å². The molecule has 10 heteroatoms. The first kappa shape index (κ1) is 17.4. The van der Waals surface area contributed by atoms with Gasteiger partial charge in [-0.2, -0.15) is 0 Å². The molecule has 0 saturated carbocycles. The van der Waals surface area contributed by atoms with Crippen molar-refractivity contribution in [3.05, 3.63) is 12.7 Å². The second-order valence-corrected chi connectivity index (χ2v) is 4.43. The van der Waals surface area contributed by atoms with Crippen LogP contribution < -0.4 is 11.1 Å². The van der Waals surface area contributed by atoms with Crippen molar-refractivity contribution in [2.45, 2.75) is 6.54 Å². The highest BCUT2D eigenvalue weighted by Gasteiger charge is 2.18. The maximum atomic E-state index is 12.2. The summed E-state index contributed by atoms with van der Waals surface area (Å²) in [6.07, 6.45) is 2.96. The van der Waals surface area contributed by atoms with Crippen molar-refractivity contribution in [1.82, 2.24) is 29.7 Å². The Morgan fingerprint density at radius 3 is 2.67 bits per heavy atom. The summed E-state index contributed by atoms with van der Waals surface area (Å²) in [5.41, 5.74) is 6.84. The smallest absolute Gasteiger partial charge is 0.242 e. The van der Waals surface area contributed by atoms with Gasteiger partial charge in [0.15, 0.2) is 11.5 Å². The van der Waals surface area contributed by atoms with E-state index in [1.54, 1.807) is 10.9 Å². The molecule has 0 spiro atoms. The molecular formula is C11H17Cl2N7O. The Balaban J connectivity index is 0.00000110. The monoisotopic (exact) mass is 333 g/mol. The highest BCUT2D eigenvalue weighted by molar-refractivity contribution is 5.85. The van der Waals surface area contributed by atoms with Crippen molar-refractivity contribution < 1.29 is 4.79 Å². The number of amides is 1. The van der Waals surface area contributed by atoms with Gasteiger partial charge in [-0.15, -0.1) is 24.8 Å². The number of imidazole rings is 1. The number of nitrogen functional groups attached to an aromatic ring is 1. The molecule has 2 aromatic heterocycles. The van der Waals surface area contributed by atoms with Crippen molar-refractivity contribution in [2.24, 2.45) is 0 Å². The van der Waals surface area contributed by atoms with Crippen LogP contribution in [0, 0.1) is 0 Å². The lowest BCUT2D eigenvalue weighted by Crippen LogP contribution is -2.47. The average Bonchev–Trinajstić information content (AvgIpc) is 2.84.